The lowest BCUT2D eigenvalue weighted by Crippen LogP contribution is -1.92. The normalized spacial score (nSPS) is 12.6. The fourth-order valence-corrected chi connectivity index (χ4v) is 1.32. The Balaban J connectivity index is 3.15. The molecule has 0 saturated carbocycles. The molecular formula is C9H10ClNO. The van der Waals surface area contributed by atoms with Crippen LogP contribution >= 0.6 is 11.6 Å². The SMILES string of the molecule is Cc1c(Cl)cccc1C(C)N=O. The Morgan fingerprint density at radius 1 is 1.50 bits per heavy atom. The van der Waals surface area contributed by atoms with Gasteiger partial charge in [-0.25, -0.2) is 0 Å². The van der Waals surface area contributed by atoms with Crippen molar-refractivity contribution in [1.29, 1.82) is 0 Å². The van der Waals surface area contributed by atoms with Crippen LogP contribution in [0.15, 0.2) is 23.4 Å². The molecule has 0 spiro atoms. The van der Waals surface area contributed by atoms with Crippen molar-refractivity contribution in [3.63, 3.8) is 0 Å². The molecule has 3 heteroatoms. The highest BCUT2D eigenvalue weighted by atomic mass is 35.5. The van der Waals surface area contributed by atoms with Gasteiger partial charge in [0.05, 0.1) is 0 Å². The van der Waals surface area contributed by atoms with Crippen molar-refractivity contribution in [1.82, 2.24) is 0 Å². The van der Waals surface area contributed by atoms with Crippen LogP contribution in [-0.2, 0) is 0 Å². The quantitative estimate of drug-likeness (QED) is 0.646. The van der Waals surface area contributed by atoms with Gasteiger partial charge in [-0.1, -0.05) is 28.9 Å². The van der Waals surface area contributed by atoms with Gasteiger partial charge in [0.1, 0.15) is 6.04 Å². The molecule has 1 atom stereocenters. The summed E-state index contributed by atoms with van der Waals surface area (Å²) in [6, 6.07) is 5.18. The van der Waals surface area contributed by atoms with Gasteiger partial charge in [0, 0.05) is 5.02 Å². The fourth-order valence-electron chi connectivity index (χ4n) is 1.13. The first-order chi connectivity index (χ1) is 5.66. The Morgan fingerprint density at radius 2 is 2.17 bits per heavy atom. The van der Waals surface area contributed by atoms with Crippen LogP contribution in [0.1, 0.15) is 24.1 Å². The number of nitrogens with zero attached hydrogens (tertiary/aromatic N) is 1. The van der Waals surface area contributed by atoms with Crippen LogP contribution in [0.3, 0.4) is 0 Å². The van der Waals surface area contributed by atoms with E-state index in [4.69, 9.17) is 11.6 Å². The van der Waals surface area contributed by atoms with Crippen molar-refractivity contribution in [3.05, 3.63) is 39.3 Å². The van der Waals surface area contributed by atoms with Gasteiger partial charge >= 0.3 is 0 Å². The lowest BCUT2D eigenvalue weighted by atomic mass is 10.0. The molecule has 0 aliphatic rings. The Labute approximate surface area is 76.5 Å². The predicted molar refractivity (Wildman–Crippen MR) is 50.4 cm³/mol. The maximum Gasteiger partial charge on any atom is 0.114 e. The second-order valence-electron chi connectivity index (χ2n) is 2.74. The zero-order valence-electron chi connectivity index (χ0n) is 7.04. The standard InChI is InChI=1S/C9H10ClNO/c1-6-8(7(2)11-12)4-3-5-9(6)10/h3-5,7H,1-2H3. The summed E-state index contributed by atoms with van der Waals surface area (Å²) in [7, 11) is 0. The number of hydrogen-bond donors (Lipinski definition) is 0. The molecule has 0 aliphatic heterocycles. The summed E-state index contributed by atoms with van der Waals surface area (Å²) in [4.78, 5) is 10.3. The van der Waals surface area contributed by atoms with Gasteiger partial charge < -0.3 is 0 Å². The Bertz CT molecular complexity index is 299. The molecule has 0 radical (unpaired) electrons. The maximum absolute atomic E-state index is 10.3. The van der Waals surface area contributed by atoms with E-state index in [1.165, 1.54) is 0 Å². The van der Waals surface area contributed by atoms with Crippen LogP contribution in [-0.4, -0.2) is 0 Å². The van der Waals surface area contributed by atoms with Crippen molar-refractivity contribution < 1.29 is 0 Å². The van der Waals surface area contributed by atoms with E-state index in [0.29, 0.717) is 5.02 Å². The molecule has 2 nitrogen and oxygen atoms in total. The molecule has 0 aromatic heterocycles. The lowest BCUT2D eigenvalue weighted by molar-refractivity contribution is 0.804. The molecular weight excluding hydrogens is 174 g/mol. The second-order valence-corrected chi connectivity index (χ2v) is 3.14. The van der Waals surface area contributed by atoms with E-state index >= 15 is 0 Å². The third kappa shape index (κ3) is 1.64. The van der Waals surface area contributed by atoms with E-state index in [9.17, 15) is 4.91 Å². The molecule has 1 unspecified atom stereocenters. The number of benzene rings is 1. The molecule has 0 saturated heterocycles. The summed E-state index contributed by atoms with van der Waals surface area (Å²) in [6.07, 6.45) is 0. The summed E-state index contributed by atoms with van der Waals surface area (Å²) in [5, 5.41) is 3.64. The van der Waals surface area contributed by atoms with E-state index in [-0.39, 0.29) is 6.04 Å². The van der Waals surface area contributed by atoms with Gasteiger partial charge in [0.25, 0.3) is 0 Å². The smallest absolute Gasteiger partial charge is 0.114 e. The zero-order chi connectivity index (χ0) is 9.14. The van der Waals surface area contributed by atoms with Crippen LogP contribution in [0.25, 0.3) is 0 Å². The molecule has 1 aromatic rings. The number of halogens is 1. The molecule has 1 rings (SSSR count). The highest BCUT2D eigenvalue weighted by Crippen LogP contribution is 2.25. The van der Waals surface area contributed by atoms with E-state index < -0.39 is 0 Å². The van der Waals surface area contributed by atoms with Gasteiger partial charge in [0.2, 0.25) is 0 Å². The van der Waals surface area contributed by atoms with Gasteiger partial charge in [-0.05, 0) is 31.0 Å². The minimum Gasteiger partial charge on any atom is -0.150 e. The number of rotatable bonds is 2. The first kappa shape index (κ1) is 9.20. The van der Waals surface area contributed by atoms with Crippen LogP contribution in [0.5, 0.6) is 0 Å². The van der Waals surface area contributed by atoms with Crippen LogP contribution in [0.4, 0.5) is 0 Å². The van der Waals surface area contributed by atoms with Crippen molar-refractivity contribution in [2.24, 2.45) is 5.18 Å². The summed E-state index contributed by atoms with van der Waals surface area (Å²) < 4.78 is 0. The molecule has 0 N–H and O–H groups in total. The van der Waals surface area contributed by atoms with E-state index in [2.05, 4.69) is 5.18 Å². The number of nitroso groups, excluding NO2 is 1. The molecule has 0 bridgehead atoms. The minimum atomic E-state index is -0.316. The highest BCUT2D eigenvalue weighted by Gasteiger charge is 2.09. The van der Waals surface area contributed by atoms with Crippen molar-refractivity contribution in [3.8, 4) is 0 Å². The van der Waals surface area contributed by atoms with Crippen LogP contribution in [0, 0.1) is 11.8 Å². The van der Waals surface area contributed by atoms with Crippen molar-refractivity contribution in [2.45, 2.75) is 19.9 Å². The van der Waals surface area contributed by atoms with Crippen molar-refractivity contribution >= 4 is 11.6 Å². The summed E-state index contributed by atoms with van der Waals surface area (Å²) in [5.74, 6) is 0. The topological polar surface area (TPSA) is 29.4 Å². The van der Waals surface area contributed by atoms with E-state index in [1.807, 2.05) is 19.1 Å². The Kier molecular flexibility index (Phi) is 2.82. The van der Waals surface area contributed by atoms with E-state index in [1.54, 1.807) is 13.0 Å². The molecule has 0 heterocycles. The lowest BCUT2D eigenvalue weighted by Gasteiger charge is -2.07. The molecule has 12 heavy (non-hydrogen) atoms. The van der Waals surface area contributed by atoms with Crippen LogP contribution in [0.2, 0.25) is 5.02 Å². The monoisotopic (exact) mass is 183 g/mol. The summed E-state index contributed by atoms with van der Waals surface area (Å²) in [6.45, 7) is 3.64. The fraction of sp³-hybridized carbons (Fsp3) is 0.333. The highest BCUT2D eigenvalue weighted by molar-refractivity contribution is 6.31. The first-order valence-electron chi connectivity index (χ1n) is 3.74. The molecule has 0 amide bonds. The average Bonchev–Trinajstić information content (AvgIpc) is 2.08. The van der Waals surface area contributed by atoms with Crippen LogP contribution < -0.4 is 0 Å². The Hall–Kier alpha value is -0.890. The summed E-state index contributed by atoms with van der Waals surface area (Å²) >= 11 is 5.87. The van der Waals surface area contributed by atoms with Gasteiger partial charge in [0.15, 0.2) is 0 Å². The molecule has 0 aliphatic carbocycles. The largest absolute Gasteiger partial charge is 0.150 e. The third-order valence-corrected chi connectivity index (χ3v) is 2.33. The molecule has 64 valence electrons. The predicted octanol–water partition coefficient (Wildman–Crippen LogP) is 3.48. The first-order valence-corrected chi connectivity index (χ1v) is 4.12. The maximum atomic E-state index is 10.3. The third-order valence-electron chi connectivity index (χ3n) is 1.92. The summed E-state index contributed by atoms with van der Waals surface area (Å²) in [5.41, 5.74) is 1.84. The average molecular weight is 184 g/mol. The molecule has 1 aromatic carbocycles. The van der Waals surface area contributed by atoms with Gasteiger partial charge in [-0.3, -0.25) is 0 Å². The second kappa shape index (κ2) is 3.68. The molecule has 0 fully saturated rings. The van der Waals surface area contributed by atoms with E-state index in [0.717, 1.165) is 11.1 Å². The number of hydrogen-bond acceptors (Lipinski definition) is 2. The van der Waals surface area contributed by atoms with Crippen molar-refractivity contribution in [2.75, 3.05) is 0 Å². The Morgan fingerprint density at radius 3 is 2.75 bits per heavy atom. The zero-order valence-corrected chi connectivity index (χ0v) is 7.80. The van der Waals surface area contributed by atoms with Gasteiger partial charge in [-0.2, -0.15) is 4.91 Å². The minimum absolute atomic E-state index is 0.316. The van der Waals surface area contributed by atoms with Gasteiger partial charge in [-0.15, -0.1) is 0 Å².